The molecule has 1 aromatic rings. The van der Waals surface area contributed by atoms with E-state index in [1.54, 1.807) is 7.11 Å². The second-order valence-electron chi connectivity index (χ2n) is 4.12. The Balaban J connectivity index is 2.42. The summed E-state index contributed by atoms with van der Waals surface area (Å²) in [5.41, 5.74) is 5.88. The van der Waals surface area contributed by atoms with Crippen molar-refractivity contribution in [1.29, 1.82) is 0 Å². The fourth-order valence-electron chi connectivity index (χ4n) is 1.54. The highest BCUT2D eigenvalue weighted by molar-refractivity contribution is 5.26. The van der Waals surface area contributed by atoms with E-state index >= 15 is 0 Å². The number of methoxy groups -OCH3 is 1. The summed E-state index contributed by atoms with van der Waals surface area (Å²) in [4.78, 5) is 0. The van der Waals surface area contributed by atoms with Crippen LogP contribution in [0.25, 0.3) is 0 Å². The first kappa shape index (κ1) is 15.9. The Labute approximate surface area is 110 Å². The predicted molar refractivity (Wildman–Crippen MR) is 65.7 cm³/mol. The zero-order valence-electron chi connectivity index (χ0n) is 10.7. The van der Waals surface area contributed by atoms with Crippen LogP contribution in [0.1, 0.15) is 23.6 Å². The van der Waals surface area contributed by atoms with Gasteiger partial charge in [-0.05, 0) is 24.1 Å². The van der Waals surface area contributed by atoms with Gasteiger partial charge in [-0.3, -0.25) is 0 Å². The van der Waals surface area contributed by atoms with Gasteiger partial charge in [0.1, 0.15) is 0 Å². The summed E-state index contributed by atoms with van der Waals surface area (Å²) in [5, 5.41) is 0. The van der Waals surface area contributed by atoms with Gasteiger partial charge in [0.2, 0.25) is 0 Å². The lowest BCUT2D eigenvalue weighted by atomic mass is 10.0. The van der Waals surface area contributed by atoms with E-state index in [2.05, 4.69) is 0 Å². The molecule has 3 nitrogen and oxygen atoms in total. The maximum atomic E-state index is 12.4. The molecule has 0 aliphatic rings. The summed E-state index contributed by atoms with van der Waals surface area (Å²) in [6.45, 7) is 1.44. The van der Waals surface area contributed by atoms with Crippen LogP contribution in [0.3, 0.4) is 0 Å². The van der Waals surface area contributed by atoms with Gasteiger partial charge in [-0.15, -0.1) is 0 Å². The van der Waals surface area contributed by atoms with Crippen molar-refractivity contribution in [3.8, 4) is 0 Å². The molecule has 1 aromatic carbocycles. The van der Waals surface area contributed by atoms with Crippen molar-refractivity contribution >= 4 is 0 Å². The molecule has 0 spiro atoms. The Morgan fingerprint density at radius 1 is 1.11 bits per heavy atom. The first-order valence-corrected chi connectivity index (χ1v) is 5.94. The maximum Gasteiger partial charge on any atom is 0.416 e. The third-order valence-corrected chi connectivity index (χ3v) is 2.67. The smallest absolute Gasteiger partial charge is 0.382 e. The molecule has 0 fully saturated rings. The highest BCUT2D eigenvalue weighted by Crippen LogP contribution is 2.29. The molecule has 2 N–H and O–H groups in total. The van der Waals surface area contributed by atoms with Crippen molar-refractivity contribution in [2.75, 3.05) is 26.9 Å². The monoisotopic (exact) mass is 277 g/mol. The van der Waals surface area contributed by atoms with Crippen molar-refractivity contribution < 1.29 is 22.6 Å². The molecule has 1 atom stereocenters. The Morgan fingerprint density at radius 3 is 2.26 bits per heavy atom. The molecule has 0 bridgehead atoms. The Bertz CT molecular complexity index is 365. The van der Waals surface area contributed by atoms with Crippen LogP contribution in [0.5, 0.6) is 0 Å². The van der Waals surface area contributed by atoms with Crippen LogP contribution < -0.4 is 5.73 Å². The molecule has 0 radical (unpaired) electrons. The van der Waals surface area contributed by atoms with Crippen LogP contribution in [-0.2, 0) is 15.7 Å². The summed E-state index contributed by atoms with van der Waals surface area (Å²) in [6.07, 6.45) is -3.76. The number of nitrogens with two attached hydrogens (primary N) is 1. The number of alkyl halides is 3. The molecule has 0 heterocycles. The molecule has 108 valence electrons. The minimum absolute atomic E-state index is 0.329. The van der Waals surface area contributed by atoms with E-state index in [4.69, 9.17) is 15.2 Å². The molecule has 0 amide bonds. The summed E-state index contributed by atoms with van der Waals surface area (Å²) in [7, 11) is 1.58. The minimum Gasteiger partial charge on any atom is -0.382 e. The molecule has 19 heavy (non-hydrogen) atoms. The van der Waals surface area contributed by atoms with E-state index < -0.39 is 11.7 Å². The van der Waals surface area contributed by atoms with Gasteiger partial charge in [0.25, 0.3) is 0 Å². The van der Waals surface area contributed by atoms with Crippen molar-refractivity contribution in [3.63, 3.8) is 0 Å². The van der Waals surface area contributed by atoms with Gasteiger partial charge in [0.05, 0.1) is 18.8 Å². The van der Waals surface area contributed by atoms with Gasteiger partial charge in [-0.25, -0.2) is 0 Å². The average Bonchev–Trinajstić information content (AvgIpc) is 2.37. The molecular weight excluding hydrogens is 259 g/mol. The highest BCUT2D eigenvalue weighted by Gasteiger charge is 2.30. The van der Waals surface area contributed by atoms with E-state index in [1.807, 2.05) is 0 Å². The first-order chi connectivity index (χ1) is 8.95. The Morgan fingerprint density at radius 2 is 1.74 bits per heavy atom. The lowest BCUT2D eigenvalue weighted by Crippen LogP contribution is -2.14. The van der Waals surface area contributed by atoms with Crippen molar-refractivity contribution in [2.24, 2.45) is 5.73 Å². The Kier molecular flexibility index (Phi) is 6.27. The molecule has 0 saturated carbocycles. The second-order valence-corrected chi connectivity index (χ2v) is 4.12. The zero-order valence-corrected chi connectivity index (χ0v) is 10.7. The molecule has 6 heteroatoms. The lowest BCUT2D eigenvalue weighted by molar-refractivity contribution is -0.137. The van der Waals surface area contributed by atoms with Gasteiger partial charge in [0.15, 0.2) is 0 Å². The van der Waals surface area contributed by atoms with Crippen LogP contribution >= 0.6 is 0 Å². The van der Waals surface area contributed by atoms with Gasteiger partial charge in [0, 0.05) is 19.8 Å². The fraction of sp³-hybridized carbons (Fsp3) is 0.538. The van der Waals surface area contributed by atoms with E-state index in [9.17, 15) is 13.2 Å². The standard InChI is InChI=1S/C13H18F3NO2/c1-18-8-9-19-7-6-12(17)10-2-4-11(5-3-10)13(14,15)16/h2-5,12H,6-9,17H2,1H3. The van der Waals surface area contributed by atoms with Gasteiger partial charge >= 0.3 is 6.18 Å². The molecule has 0 aliphatic heterocycles. The van der Waals surface area contributed by atoms with Gasteiger partial charge in [-0.2, -0.15) is 13.2 Å². The zero-order chi connectivity index (χ0) is 14.3. The van der Waals surface area contributed by atoms with E-state index in [1.165, 1.54) is 12.1 Å². The van der Waals surface area contributed by atoms with Crippen LogP contribution in [0.15, 0.2) is 24.3 Å². The van der Waals surface area contributed by atoms with E-state index in [-0.39, 0.29) is 6.04 Å². The summed E-state index contributed by atoms with van der Waals surface area (Å²) in [6, 6.07) is 4.57. The summed E-state index contributed by atoms with van der Waals surface area (Å²) < 4.78 is 47.2. The van der Waals surface area contributed by atoms with Gasteiger partial charge < -0.3 is 15.2 Å². The average molecular weight is 277 g/mol. The normalized spacial score (nSPS) is 13.5. The number of halogens is 3. The van der Waals surface area contributed by atoms with Crippen LogP contribution in [-0.4, -0.2) is 26.9 Å². The molecule has 1 rings (SSSR count). The Hall–Kier alpha value is -1.11. The molecular formula is C13H18F3NO2. The van der Waals surface area contributed by atoms with Crippen molar-refractivity contribution in [2.45, 2.75) is 18.6 Å². The third-order valence-electron chi connectivity index (χ3n) is 2.67. The SMILES string of the molecule is COCCOCCC(N)c1ccc(C(F)(F)F)cc1. The number of benzene rings is 1. The largest absolute Gasteiger partial charge is 0.416 e. The van der Waals surface area contributed by atoms with Gasteiger partial charge in [-0.1, -0.05) is 12.1 Å². The summed E-state index contributed by atoms with van der Waals surface area (Å²) >= 11 is 0. The molecule has 0 saturated heterocycles. The number of ether oxygens (including phenoxy) is 2. The first-order valence-electron chi connectivity index (χ1n) is 5.94. The molecule has 1 unspecified atom stereocenters. The number of rotatable bonds is 7. The quantitative estimate of drug-likeness (QED) is 0.779. The maximum absolute atomic E-state index is 12.4. The van der Waals surface area contributed by atoms with Crippen molar-refractivity contribution in [3.05, 3.63) is 35.4 Å². The summed E-state index contributed by atoms with van der Waals surface area (Å²) in [5.74, 6) is 0. The van der Waals surface area contributed by atoms with E-state index in [0.717, 1.165) is 12.1 Å². The number of hydrogen-bond acceptors (Lipinski definition) is 3. The van der Waals surface area contributed by atoms with Crippen LogP contribution in [0, 0.1) is 0 Å². The predicted octanol–water partition coefficient (Wildman–Crippen LogP) is 2.76. The topological polar surface area (TPSA) is 44.5 Å². The third kappa shape index (κ3) is 5.59. The van der Waals surface area contributed by atoms with Crippen LogP contribution in [0.4, 0.5) is 13.2 Å². The van der Waals surface area contributed by atoms with Crippen LogP contribution in [0.2, 0.25) is 0 Å². The van der Waals surface area contributed by atoms with E-state index in [0.29, 0.717) is 31.8 Å². The fourth-order valence-corrected chi connectivity index (χ4v) is 1.54. The molecule has 0 aliphatic carbocycles. The molecule has 0 aromatic heterocycles. The second kappa shape index (κ2) is 7.47. The number of hydrogen-bond donors (Lipinski definition) is 1. The van der Waals surface area contributed by atoms with Crippen molar-refractivity contribution in [1.82, 2.24) is 0 Å². The minimum atomic E-state index is -4.31. The lowest BCUT2D eigenvalue weighted by Gasteiger charge is -2.13. The highest BCUT2D eigenvalue weighted by atomic mass is 19.4.